The largest absolute Gasteiger partial charge is 0.334 e. The van der Waals surface area contributed by atoms with Gasteiger partial charge in [-0.1, -0.05) is 35.5 Å². The lowest BCUT2D eigenvalue weighted by Gasteiger charge is -2.09. The number of rotatable bonds is 1. The number of nitrogens with one attached hydrogen (secondary N) is 1. The van der Waals surface area contributed by atoms with Crippen molar-refractivity contribution in [2.75, 3.05) is 17.6 Å². The first-order valence-corrected chi connectivity index (χ1v) is 5.83. The molecule has 1 heterocycles. The van der Waals surface area contributed by atoms with Gasteiger partial charge in [-0.2, -0.15) is 0 Å². The summed E-state index contributed by atoms with van der Waals surface area (Å²) in [6, 6.07) is 5.87. The van der Waals surface area contributed by atoms with Crippen molar-refractivity contribution in [1.82, 2.24) is 0 Å². The Morgan fingerprint density at radius 2 is 2.36 bits per heavy atom. The van der Waals surface area contributed by atoms with Crippen LogP contribution in [0.2, 0.25) is 5.02 Å². The third-order valence-electron chi connectivity index (χ3n) is 2.04. The monoisotopic (exact) mass is 226 g/mol. The smallest absolute Gasteiger partial charge is 0.161 e. The van der Waals surface area contributed by atoms with E-state index in [1.54, 1.807) is 11.8 Å². The van der Waals surface area contributed by atoms with Crippen LogP contribution in [0.15, 0.2) is 23.2 Å². The Balaban J connectivity index is 2.23. The van der Waals surface area contributed by atoms with Crippen LogP contribution < -0.4 is 5.32 Å². The second-order valence-corrected chi connectivity index (χ2v) is 4.58. The second-order valence-electron chi connectivity index (χ2n) is 3.09. The van der Waals surface area contributed by atoms with E-state index in [0.717, 1.165) is 33.7 Å². The van der Waals surface area contributed by atoms with Gasteiger partial charge in [0.1, 0.15) is 0 Å². The fourth-order valence-electron chi connectivity index (χ4n) is 1.31. The first-order chi connectivity index (χ1) is 6.77. The summed E-state index contributed by atoms with van der Waals surface area (Å²) in [6.07, 6.45) is 0. The van der Waals surface area contributed by atoms with Gasteiger partial charge in [0.2, 0.25) is 0 Å². The number of hydrogen-bond donors (Lipinski definition) is 1. The van der Waals surface area contributed by atoms with Crippen molar-refractivity contribution in [2.45, 2.75) is 6.92 Å². The number of aliphatic imine (C=N–C) groups is 1. The van der Waals surface area contributed by atoms with Crippen molar-refractivity contribution >= 4 is 34.2 Å². The maximum Gasteiger partial charge on any atom is 0.161 e. The molecule has 74 valence electrons. The predicted molar refractivity (Wildman–Crippen MR) is 64.6 cm³/mol. The molecule has 4 heteroatoms. The minimum absolute atomic E-state index is 0.750. The van der Waals surface area contributed by atoms with Crippen LogP contribution in [-0.2, 0) is 0 Å². The van der Waals surface area contributed by atoms with Gasteiger partial charge in [0.15, 0.2) is 5.17 Å². The summed E-state index contributed by atoms with van der Waals surface area (Å²) in [7, 11) is 0. The predicted octanol–water partition coefficient (Wildman–Crippen LogP) is 3.16. The van der Waals surface area contributed by atoms with E-state index in [2.05, 4.69) is 10.3 Å². The number of halogens is 1. The van der Waals surface area contributed by atoms with Crippen molar-refractivity contribution in [3.63, 3.8) is 0 Å². The zero-order valence-corrected chi connectivity index (χ0v) is 9.45. The molecule has 0 fully saturated rings. The van der Waals surface area contributed by atoms with E-state index in [1.165, 1.54) is 0 Å². The van der Waals surface area contributed by atoms with Crippen LogP contribution in [0, 0.1) is 6.92 Å². The lowest BCUT2D eigenvalue weighted by Crippen LogP contribution is -2.06. The van der Waals surface area contributed by atoms with E-state index in [4.69, 9.17) is 11.6 Å². The highest BCUT2D eigenvalue weighted by Gasteiger charge is 2.10. The maximum absolute atomic E-state index is 6.08. The minimum atomic E-state index is 0.750. The normalized spacial score (nSPS) is 15.4. The molecule has 1 aliphatic rings. The topological polar surface area (TPSA) is 24.4 Å². The van der Waals surface area contributed by atoms with Gasteiger partial charge >= 0.3 is 0 Å². The summed E-state index contributed by atoms with van der Waals surface area (Å²) in [5.74, 6) is 1.06. The van der Waals surface area contributed by atoms with Gasteiger partial charge in [0, 0.05) is 5.75 Å². The molecule has 0 aliphatic carbocycles. The maximum atomic E-state index is 6.08. The zero-order valence-electron chi connectivity index (χ0n) is 7.88. The Hall–Kier alpha value is -0.670. The lowest BCUT2D eigenvalue weighted by atomic mass is 10.2. The van der Waals surface area contributed by atoms with E-state index in [9.17, 15) is 0 Å². The molecule has 0 atom stereocenters. The van der Waals surface area contributed by atoms with Gasteiger partial charge in [0.25, 0.3) is 0 Å². The molecule has 0 bridgehead atoms. The molecule has 1 aromatic rings. The zero-order chi connectivity index (χ0) is 9.97. The standard InChI is InChI=1S/C10H11ClN2S/c1-7-3-2-4-8(11)9(7)13-10-12-5-6-14-10/h2-4H,5-6H2,1H3,(H,12,13). The van der Waals surface area contributed by atoms with Crippen molar-refractivity contribution in [3.05, 3.63) is 28.8 Å². The third kappa shape index (κ3) is 2.04. The molecule has 0 aromatic heterocycles. The molecule has 0 radical (unpaired) electrons. The summed E-state index contributed by atoms with van der Waals surface area (Å²) in [4.78, 5) is 4.32. The van der Waals surface area contributed by atoms with Crippen LogP contribution in [0.3, 0.4) is 0 Å². The highest BCUT2D eigenvalue weighted by atomic mass is 35.5. The van der Waals surface area contributed by atoms with Gasteiger partial charge in [0.05, 0.1) is 17.3 Å². The molecule has 0 saturated carbocycles. The van der Waals surface area contributed by atoms with Crippen LogP contribution >= 0.6 is 23.4 Å². The highest BCUT2D eigenvalue weighted by Crippen LogP contribution is 2.27. The van der Waals surface area contributed by atoms with E-state index in [0.29, 0.717) is 0 Å². The van der Waals surface area contributed by atoms with Crippen molar-refractivity contribution in [2.24, 2.45) is 4.99 Å². The van der Waals surface area contributed by atoms with Crippen LogP contribution in [0.5, 0.6) is 0 Å². The SMILES string of the molecule is Cc1cccc(Cl)c1NC1=NCCS1. The summed E-state index contributed by atoms with van der Waals surface area (Å²) < 4.78 is 0. The number of nitrogens with zero attached hydrogens (tertiary/aromatic N) is 1. The Bertz CT molecular complexity index is 356. The second kappa shape index (κ2) is 4.24. The van der Waals surface area contributed by atoms with Crippen molar-refractivity contribution in [3.8, 4) is 0 Å². The summed E-state index contributed by atoms with van der Waals surface area (Å²) in [5.41, 5.74) is 2.12. The Morgan fingerprint density at radius 3 is 3.00 bits per heavy atom. The minimum Gasteiger partial charge on any atom is -0.334 e. The quantitative estimate of drug-likeness (QED) is 0.796. The number of thioether (sulfide) groups is 1. The Kier molecular flexibility index (Phi) is 2.99. The molecule has 0 unspecified atom stereocenters. The fraction of sp³-hybridized carbons (Fsp3) is 0.300. The van der Waals surface area contributed by atoms with E-state index < -0.39 is 0 Å². The molecule has 0 spiro atoms. The van der Waals surface area contributed by atoms with E-state index >= 15 is 0 Å². The average Bonchev–Trinajstić information content (AvgIpc) is 2.64. The van der Waals surface area contributed by atoms with E-state index in [-0.39, 0.29) is 0 Å². The molecule has 1 aromatic carbocycles. The Morgan fingerprint density at radius 1 is 1.50 bits per heavy atom. The van der Waals surface area contributed by atoms with Crippen molar-refractivity contribution in [1.29, 1.82) is 0 Å². The molecule has 0 amide bonds. The number of hydrogen-bond acceptors (Lipinski definition) is 3. The number of aryl methyl sites for hydroxylation is 1. The Labute approximate surface area is 92.8 Å². The van der Waals surface area contributed by atoms with Crippen LogP contribution in [0.1, 0.15) is 5.56 Å². The number of para-hydroxylation sites is 1. The molecule has 2 rings (SSSR count). The van der Waals surface area contributed by atoms with E-state index in [1.807, 2.05) is 25.1 Å². The lowest BCUT2D eigenvalue weighted by molar-refractivity contribution is 1.17. The first kappa shape index (κ1) is 9.87. The van der Waals surface area contributed by atoms with Crippen molar-refractivity contribution < 1.29 is 0 Å². The molecule has 0 saturated heterocycles. The molecule has 14 heavy (non-hydrogen) atoms. The number of amidine groups is 1. The molecule has 1 aliphatic heterocycles. The fourth-order valence-corrected chi connectivity index (χ4v) is 2.31. The highest BCUT2D eigenvalue weighted by molar-refractivity contribution is 8.14. The average molecular weight is 227 g/mol. The van der Waals surface area contributed by atoms with Gasteiger partial charge in [-0.25, -0.2) is 0 Å². The van der Waals surface area contributed by atoms with Crippen LogP contribution in [0.25, 0.3) is 0 Å². The first-order valence-electron chi connectivity index (χ1n) is 4.47. The summed E-state index contributed by atoms with van der Waals surface area (Å²) in [5, 5.41) is 4.98. The molecule has 2 nitrogen and oxygen atoms in total. The summed E-state index contributed by atoms with van der Waals surface area (Å²) in [6.45, 7) is 2.94. The van der Waals surface area contributed by atoms with Gasteiger partial charge < -0.3 is 5.32 Å². The third-order valence-corrected chi connectivity index (χ3v) is 3.25. The molecular formula is C10H11ClN2S. The van der Waals surface area contributed by atoms with Gasteiger partial charge in [-0.05, 0) is 18.6 Å². The summed E-state index contributed by atoms with van der Waals surface area (Å²) >= 11 is 7.82. The van der Waals surface area contributed by atoms with Crippen LogP contribution in [-0.4, -0.2) is 17.5 Å². The van der Waals surface area contributed by atoms with Gasteiger partial charge in [-0.3, -0.25) is 4.99 Å². The number of anilines is 1. The molecular weight excluding hydrogens is 216 g/mol. The molecule has 1 N–H and O–H groups in total. The van der Waals surface area contributed by atoms with Crippen LogP contribution in [0.4, 0.5) is 5.69 Å². The van der Waals surface area contributed by atoms with Gasteiger partial charge in [-0.15, -0.1) is 0 Å². The number of benzene rings is 1.